The van der Waals surface area contributed by atoms with Gasteiger partial charge in [0.2, 0.25) is 0 Å². The molecule has 0 atom stereocenters. The molecule has 0 N–H and O–H groups in total. The molecule has 0 fully saturated rings. The summed E-state index contributed by atoms with van der Waals surface area (Å²) < 4.78 is 8.12. The number of ether oxygens (including phenoxy) is 1. The first-order valence-electron chi connectivity index (χ1n) is 5.55. The number of hydrogen-bond donors (Lipinski definition) is 0. The number of nitrogens with zero attached hydrogens (tertiary/aromatic N) is 1. The molecule has 18 heavy (non-hydrogen) atoms. The van der Waals surface area contributed by atoms with Crippen LogP contribution in [0.2, 0.25) is 0 Å². The summed E-state index contributed by atoms with van der Waals surface area (Å²) in [4.78, 5) is 12.3. The Kier molecular flexibility index (Phi) is 2.82. The van der Waals surface area contributed by atoms with Gasteiger partial charge in [-0.2, -0.15) is 0 Å². The fourth-order valence-electron chi connectivity index (χ4n) is 1.86. The average molecular weight is 304 g/mol. The van der Waals surface area contributed by atoms with E-state index in [0.717, 1.165) is 21.1 Å². The van der Waals surface area contributed by atoms with E-state index in [4.69, 9.17) is 4.74 Å². The second kappa shape index (κ2) is 4.48. The zero-order valence-electron chi connectivity index (χ0n) is 9.79. The summed E-state index contributed by atoms with van der Waals surface area (Å²) in [5.74, 6) is 0.804. The maximum absolute atomic E-state index is 12.3. The first-order valence-corrected chi connectivity index (χ1v) is 7.17. The number of rotatable bonds is 2. The van der Waals surface area contributed by atoms with E-state index in [2.05, 4.69) is 0 Å². The Morgan fingerprint density at radius 3 is 2.61 bits per heavy atom. The first kappa shape index (κ1) is 11.3. The number of aromatic nitrogens is 1. The molecule has 0 saturated carbocycles. The van der Waals surface area contributed by atoms with E-state index in [1.807, 2.05) is 52.1 Å². The summed E-state index contributed by atoms with van der Waals surface area (Å²) in [6, 6.07) is 15.4. The molecular formula is C14H11NO2Se. The molecule has 0 aliphatic rings. The molecule has 2 aromatic carbocycles. The minimum absolute atomic E-state index is 0.0116. The number of fused-ring (bicyclic) bond motifs is 1. The normalized spacial score (nSPS) is 10.7. The van der Waals surface area contributed by atoms with Gasteiger partial charge < -0.3 is 0 Å². The summed E-state index contributed by atoms with van der Waals surface area (Å²) in [7, 11) is 1.64. The fourth-order valence-corrected chi connectivity index (χ4v) is 4.02. The van der Waals surface area contributed by atoms with Crippen LogP contribution in [0.1, 0.15) is 0 Å². The first-order chi connectivity index (χ1) is 8.79. The van der Waals surface area contributed by atoms with Crippen molar-refractivity contribution < 1.29 is 4.74 Å². The Balaban J connectivity index is 2.26. The van der Waals surface area contributed by atoms with Crippen molar-refractivity contribution in [3.05, 3.63) is 58.9 Å². The van der Waals surface area contributed by atoms with Gasteiger partial charge in [-0.1, -0.05) is 0 Å². The zero-order valence-corrected chi connectivity index (χ0v) is 11.5. The molecule has 0 amide bonds. The second-order valence-electron chi connectivity index (χ2n) is 3.89. The van der Waals surface area contributed by atoms with Crippen molar-refractivity contribution >= 4 is 24.4 Å². The van der Waals surface area contributed by atoms with Gasteiger partial charge in [0.15, 0.2) is 0 Å². The topological polar surface area (TPSA) is 31.2 Å². The molecule has 1 aromatic heterocycles. The van der Waals surface area contributed by atoms with E-state index in [1.54, 1.807) is 7.11 Å². The van der Waals surface area contributed by atoms with E-state index >= 15 is 0 Å². The summed E-state index contributed by atoms with van der Waals surface area (Å²) >= 11 is -0.0116. The standard InChI is InChI=1S/C14H11NO2Se/c1-17-11-7-8-12-13(9-11)18-15(14(12)16)10-5-3-2-4-6-10/h2-9H,1H3. The summed E-state index contributed by atoms with van der Waals surface area (Å²) in [6.45, 7) is 0. The van der Waals surface area contributed by atoms with Crippen LogP contribution in [-0.4, -0.2) is 25.4 Å². The van der Waals surface area contributed by atoms with Crippen LogP contribution in [-0.2, 0) is 0 Å². The van der Waals surface area contributed by atoms with Crippen molar-refractivity contribution in [1.29, 1.82) is 0 Å². The number of para-hydroxylation sites is 1. The molecule has 3 nitrogen and oxygen atoms in total. The van der Waals surface area contributed by atoms with Crippen molar-refractivity contribution in [1.82, 2.24) is 3.56 Å². The van der Waals surface area contributed by atoms with Crippen molar-refractivity contribution in [3.8, 4) is 11.4 Å². The zero-order chi connectivity index (χ0) is 12.5. The van der Waals surface area contributed by atoms with E-state index < -0.39 is 0 Å². The molecule has 1 heterocycles. The van der Waals surface area contributed by atoms with Crippen LogP contribution < -0.4 is 10.3 Å². The van der Waals surface area contributed by atoms with Crippen molar-refractivity contribution in [2.24, 2.45) is 0 Å². The van der Waals surface area contributed by atoms with Gasteiger partial charge in [0.25, 0.3) is 0 Å². The molecule has 0 aliphatic carbocycles. The second-order valence-corrected chi connectivity index (χ2v) is 5.96. The quantitative estimate of drug-likeness (QED) is 0.679. The average Bonchev–Trinajstić information content (AvgIpc) is 2.76. The Bertz CT molecular complexity index is 743. The van der Waals surface area contributed by atoms with Crippen LogP contribution in [0.4, 0.5) is 0 Å². The third-order valence-corrected chi connectivity index (χ3v) is 5.08. The molecule has 0 unspecified atom stereocenters. The van der Waals surface area contributed by atoms with E-state index in [-0.39, 0.29) is 20.3 Å². The summed E-state index contributed by atoms with van der Waals surface area (Å²) in [5.41, 5.74) is 1.04. The van der Waals surface area contributed by atoms with Crippen LogP contribution in [0.5, 0.6) is 5.75 Å². The Morgan fingerprint density at radius 1 is 1.11 bits per heavy atom. The van der Waals surface area contributed by atoms with Gasteiger partial charge >= 0.3 is 110 Å². The molecule has 3 aromatic rings. The van der Waals surface area contributed by atoms with Crippen LogP contribution in [0, 0.1) is 0 Å². The molecule has 90 valence electrons. The van der Waals surface area contributed by atoms with Crippen molar-refractivity contribution in [2.45, 2.75) is 0 Å². The van der Waals surface area contributed by atoms with Crippen molar-refractivity contribution in [2.75, 3.05) is 7.11 Å². The van der Waals surface area contributed by atoms with E-state index in [0.29, 0.717) is 0 Å². The number of hydrogen-bond acceptors (Lipinski definition) is 2. The van der Waals surface area contributed by atoms with E-state index in [9.17, 15) is 4.79 Å². The van der Waals surface area contributed by atoms with Gasteiger partial charge in [-0.05, 0) is 0 Å². The predicted octanol–water partition coefficient (Wildman–Crippen LogP) is 2.06. The SMILES string of the molecule is COc1ccc2c(=O)n(-c3ccccc3)[se]c2c1. The molecule has 0 bridgehead atoms. The van der Waals surface area contributed by atoms with Crippen LogP contribution >= 0.6 is 0 Å². The Morgan fingerprint density at radius 2 is 1.89 bits per heavy atom. The van der Waals surface area contributed by atoms with Crippen LogP contribution in [0.15, 0.2) is 53.3 Å². The minimum atomic E-state index is -0.0116. The molecule has 0 aliphatic heterocycles. The molecule has 4 heteroatoms. The van der Waals surface area contributed by atoms with Gasteiger partial charge in [-0.25, -0.2) is 0 Å². The molecule has 0 radical (unpaired) electrons. The van der Waals surface area contributed by atoms with Crippen LogP contribution in [0.3, 0.4) is 0 Å². The third-order valence-electron chi connectivity index (χ3n) is 2.78. The predicted molar refractivity (Wildman–Crippen MR) is 73.0 cm³/mol. The monoisotopic (exact) mass is 305 g/mol. The fraction of sp³-hybridized carbons (Fsp3) is 0.0714. The van der Waals surface area contributed by atoms with E-state index in [1.165, 1.54) is 0 Å². The Hall–Kier alpha value is -1.77. The number of methoxy groups -OCH3 is 1. The van der Waals surface area contributed by atoms with Crippen molar-refractivity contribution in [3.63, 3.8) is 0 Å². The Labute approximate surface area is 110 Å². The van der Waals surface area contributed by atoms with Gasteiger partial charge in [-0.3, -0.25) is 0 Å². The molecular weight excluding hydrogens is 293 g/mol. The number of benzene rings is 2. The molecule has 0 saturated heterocycles. The van der Waals surface area contributed by atoms with Gasteiger partial charge in [0.1, 0.15) is 0 Å². The third kappa shape index (κ3) is 1.80. The van der Waals surface area contributed by atoms with Gasteiger partial charge in [0.05, 0.1) is 0 Å². The van der Waals surface area contributed by atoms with Crippen LogP contribution in [0.25, 0.3) is 15.3 Å². The summed E-state index contributed by atoms with van der Waals surface area (Å²) in [5, 5.41) is 0.791. The van der Waals surface area contributed by atoms with Gasteiger partial charge in [-0.15, -0.1) is 0 Å². The molecule has 0 spiro atoms. The van der Waals surface area contributed by atoms with Gasteiger partial charge in [0, 0.05) is 0 Å². The maximum atomic E-state index is 12.3. The summed E-state index contributed by atoms with van der Waals surface area (Å²) in [6.07, 6.45) is 0. The molecule has 3 rings (SSSR count).